The van der Waals surface area contributed by atoms with Crippen molar-refractivity contribution in [2.24, 2.45) is 5.92 Å². The number of piperidine rings is 1. The fraction of sp³-hybridized carbons (Fsp3) is 0.409. The van der Waals surface area contributed by atoms with E-state index < -0.39 is 21.1 Å². The smallest absolute Gasteiger partial charge is 0.252 e. The van der Waals surface area contributed by atoms with Crippen molar-refractivity contribution < 1.29 is 18.3 Å². The fourth-order valence-corrected chi connectivity index (χ4v) is 6.47. The predicted octanol–water partition coefficient (Wildman–Crippen LogP) is 2.85. The summed E-state index contributed by atoms with van der Waals surface area (Å²) in [5.41, 5.74) is 2.71. The highest BCUT2D eigenvalue weighted by Crippen LogP contribution is 2.30. The molecule has 0 aliphatic carbocycles. The third-order valence-corrected chi connectivity index (χ3v) is 7.82. The van der Waals surface area contributed by atoms with E-state index in [0.717, 1.165) is 18.7 Å². The number of aromatic hydroxyl groups is 1. The molecular weight excluding hydrogens is 388 g/mol. The topological polar surface area (TPSA) is 95.5 Å². The van der Waals surface area contributed by atoms with Gasteiger partial charge in [0.25, 0.3) is 5.91 Å². The number of aryl methyl sites for hydroxylation is 3. The lowest BCUT2D eigenvalue weighted by Crippen LogP contribution is -2.49. The maximum atomic E-state index is 13.7. The van der Waals surface area contributed by atoms with Crippen LogP contribution in [0.5, 0.6) is 5.75 Å². The van der Waals surface area contributed by atoms with Crippen LogP contribution in [0.25, 0.3) is 0 Å². The van der Waals surface area contributed by atoms with Gasteiger partial charge in [0, 0.05) is 5.56 Å². The second-order valence-corrected chi connectivity index (χ2v) is 9.81. The van der Waals surface area contributed by atoms with Gasteiger partial charge in [-0.05, 0) is 88.0 Å². The molecule has 1 unspecified atom stereocenters. The fourth-order valence-electron chi connectivity index (χ4n) is 4.16. The Balaban J connectivity index is 2.01. The second-order valence-electron chi connectivity index (χ2n) is 7.80. The molecule has 3 N–H and O–H groups in total. The molecule has 1 aliphatic heterocycles. The first kappa shape index (κ1) is 21.3. The third-order valence-electron chi connectivity index (χ3n) is 5.44. The molecule has 1 atom stereocenters. The van der Waals surface area contributed by atoms with Crippen LogP contribution in [0.4, 0.5) is 0 Å². The summed E-state index contributed by atoms with van der Waals surface area (Å²) in [6.07, 6.45) is 1.34. The summed E-state index contributed by atoms with van der Waals surface area (Å²) in [6.45, 7) is 6.98. The monoisotopic (exact) mass is 416 g/mol. The van der Waals surface area contributed by atoms with Crippen molar-refractivity contribution in [3.8, 4) is 5.75 Å². The van der Waals surface area contributed by atoms with Gasteiger partial charge < -0.3 is 15.7 Å². The largest absolute Gasteiger partial charge is 0.508 e. The highest BCUT2D eigenvalue weighted by molar-refractivity contribution is 7.92. The van der Waals surface area contributed by atoms with E-state index in [1.165, 1.54) is 24.3 Å². The number of phenols is 1. The quantitative estimate of drug-likeness (QED) is 0.697. The first-order valence-corrected chi connectivity index (χ1v) is 11.4. The summed E-state index contributed by atoms with van der Waals surface area (Å²) in [4.78, 5) is 13.1. The van der Waals surface area contributed by atoms with E-state index >= 15 is 0 Å². The van der Waals surface area contributed by atoms with Gasteiger partial charge in [-0.25, -0.2) is 8.42 Å². The highest BCUT2D eigenvalue weighted by Gasteiger charge is 2.38. The average molecular weight is 417 g/mol. The van der Waals surface area contributed by atoms with Crippen LogP contribution >= 0.6 is 0 Å². The Hall–Kier alpha value is -2.38. The van der Waals surface area contributed by atoms with Crippen molar-refractivity contribution in [2.45, 2.75) is 43.9 Å². The number of sulfone groups is 1. The number of nitrogens with one attached hydrogen (secondary N) is 2. The van der Waals surface area contributed by atoms with Gasteiger partial charge in [0.2, 0.25) is 0 Å². The number of carbonyl (C=O) groups is 1. The molecular formula is C22H28N2O4S. The molecule has 2 aromatic rings. The van der Waals surface area contributed by atoms with Crippen molar-refractivity contribution in [1.29, 1.82) is 0 Å². The van der Waals surface area contributed by atoms with Crippen LogP contribution in [0.3, 0.4) is 0 Å². The van der Waals surface area contributed by atoms with Crippen LogP contribution in [0, 0.1) is 26.7 Å². The van der Waals surface area contributed by atoms with Gasteiger partial charge in [-0.1, -0.05) is 17.7 Å². The van der Waals surface area contributed by atoms with Gasteiger partial charge in [-0.3, -0.25) is 4.79 Å². The maximum Gasteiger partial charge on any atom is 0.252 e. The zero-order chi connectivity index (χ0) is 21.2. The van der Waals surface area contributed by atoms with Gasteiger partial charge in [0.1, 0.15) is 11.1 Å². The molecule has 1 fully saturated rings. The summed E-state index contributed by atoms with van der Waals surface area (Å²) in [5, 5.41) is 14.5. The summed E-state index contributed by atoms with van der Waals surface area (Å²) >= 11 is 0. The first-order valence-electron chi connectivity index (χ1n) is 9.82. The van der Waals surface area contributed by atoms with Crippen LogP contribution in [-0.4, -0.2) is 37.9 Å². The number of rotatable bonds is 5. The molecule has 0 spiro atoms. The molecule has 29 heavy (non-hydrogen) atoms. The lowest BCUT2D eigenvalue weighted by Gasteiger charge is -2.32. The normalized spacial score (nSPS) is 16.4. The van der Waals surface area contributed by atoms with E-state index in [9.17, 15) is 18.3 Å². The van der Waals surface area contributed by atoms with E-state index in [-0.39, 0.29) is 11.7 Å². The molecule has 1 saturated heterocycles. The highest BCUT2D eigenvalue weighted by atomic mass is 32.2. The molecule has 156 valence electrons. The van der Waals surface area contributed by atoms with Gasteiger partial charge in [-0.15, -0.1) is 0 Å². The zero-order valence-corrected chi connectivity index (χ0v) is 17.8. The molecule has 0 radical (unpaired) electrons. The molecule has 7 heteroatoms. The summed E-state index contributed by atoms with van der Waals surface area (Å²) < 4.78 is 27.5. The molecule has 0 bridgehead atoms. The van der Waals surface area contributed by atoms with Gasteiger partial charge in [-0.2, -0.15) is 0 Å². The Bertz CT molecular complexity index is 971. The van der Waals surface area contributed by atoms with Crippen LogP contribution in [0.2, 0.25) is 0 Å². The average Bonchev–Trinajstić information content (AvgIpc) is 2.66. The van der Waals surface area contributed by atoms with E-state index in [1.54, 1.807) is 13.8 Å². The third kappa shape index (κ3) is 4.62. The molecule has 0 aromatic heterocycles. The molecule has 6 nitrogen and oxygen atoms in total. The van der Waals surface area contributed by atoms with E-state index in [0.29, 0.717) is 34.4 Å². The lowest BCUT2D eigenvalue weighted by atomic mass is 9.97. The molecule has 3 rings (SSSR count). The molecule has 2 aromatic carbocycles. The predicted molar refractivity (Wildman–Crippen MR) is 113 cm³/mol. The lowest BCUT2D eigenvalue weighted by molar-refractivity contribution is 0.0934. The van der Waals surface area contributed by atoms with Crippen molar-refractivity contribution >= 4 is 15.7 Å². The van der Waals surface area contributed by atoms with E-state index in [1.807, 2.05) is 19.1 Å². The number of hydrogen-bond acceptors (Lipinski definition) is 5. The minimum Gasteiger partial charge on any atom is -0.508 e. The minimum absolute atomic E-state index is 0.0509. The van der Waals surface area contributed by atoms with Crippen LogP contribution < -0.4 is 10.6 Å². The Morgan fingerprint density at radius 2 is 1.62 bits per heavy atom. The van der Waals surface area contributed by atoms with Crippen LogP contribution in [0.1, 0.15) is 39.9 Å². The number of carbonyl (C=O) groups excluding carboxylic acids is 1. The summed E-state index contributed by atoms with van der Waals surface area (Å²) in [7, 11) is -3.80. The molecule has 1 aliphatic rings. The minimum atomic E-state index is -3.80. The summed E-state index contributed by atoms with van der Waals surface area (Å²) in [5.74, 6) is -0.586. The van der Waals surface area contributed by atoms with Gasteiger partial charge >= 0.3 is 0 Å². The second kappa shape index (κ2) is 8.55. The maximum absolute atomic E-state index is 13.7. The summed E-state index contributed by atoms with van der Waals surface area (Å²) in [6, 6.07) is 9.52. The number of amides is 1. The molecule has 0 saturated carbocycles. The molecule has 1 heterocycles. The Morgan fingerprint density at radius 1 is 1.07 bits per heavy atom. The van der Waals surface area contributed by atoms with Crippen molar-refractivity contribution in [3.05, 3.63) is 58.7 Å². The van der Waals surface area contributed by atoms with E-state index in [4.69, 9.17) is 0 Å². The Morgan fingerprint density at radius 3 is 2.17 bits per heavy atom. The van der Waals surface area contributed by atoms with E-state index in [2.05, 4.69) is 10.6 Å². The first-order chi connectivity index (χ1) is 13.7. The zero-order valence-electron chi connectivity index (χ0n) is 17.0. The van der Waals surface area contributed by atoms with Crippen LogP contribution in [0.15, 0.2) is 41.3 Å². The van der Waals surface area contributed by atoms with Gasteiger partial charge in [0.05, 0.1) is 4.90 Å². The Labute approximate surface area is 172 Å². The van der Waals surface area contributed by atoms with Gasteiger partial charge in [0.15, 0.2) is 9.84 Å². The van der Waals surface area contributed by atoms with Crippen molar-refractivity contribution in [3.63, 3.8) is 0 Å². The Kier molecular flexibility index (Phi) is 6.29. The SMILES string of the molecule is Cc1cc(C)c(S(=O)(=O)C(NC(=O)c2ccc(O)cc2)C2CCNCC2)c(C)c1. The number of phenolic OH excluding ortho intramolecular Hbond substituents is 1. The standard InChI is InChI=1S/C22H28N2O4S/c1-14-12-15(2)20(16(3)13-14)29(27,28)22(18-8-10-23-11-9-18)24-21(26)17-4-6-19(25)7-5-17/h4-7,12-13,18,22-23,25H,8-11H2,1-3H3,(H,24,26). The van der Waals surface area contributed by atoms with Crippen LogP contribution in [-0.2, 0) is 9.84 Å². The van der Waals surface area contributed by atoms with Crippen molar-refractivity contribution in [1.82, 2.24) is 10.6 Å². The van der Waals surface area contributed by atoms with Crippen molar-refractivity contribution in [2.75, 3.05) is 13.1 Å². The number of hydrogen-bond donors (Lipinski definition) is 3. The number of benzene rings is 2. The molecule has 1 amide bonds.